The van der Waals surface area contributed by atoms with Crippen LogP contribution < -0.4 is 0 Å². The maximum absolute atomic E-state index is 13.7. The lowest BCUT2D eigenvalue weighted by molar-refractivity contribution is -0.143. The van der Waals surface area contributed by atoms with Gasteiger partial charge in [0, 0.05) is 39.6 Å². The number of amides is 2. The van der Waals surface area contributed by atoms with Gasteiger partial charge < -0.3 is 14.9 Å². The monoisotopic (exact) mass is 491 g/mol. The summed E-state index contributed by atoms with van der Waals surface area (Å²) < 4.78 is 26.9. The molecule has 3 saturated heterocycles. The Labute approximate surface area is 205 Å². The first-order chi connectivity index (χ1) is 16.7. The Morgan fingerprint density at radius 3 is 2.29 bits per heavy atom. The van der Waals surface area contributed by atoms with Gasteiger partial charge in [0.25, 0.3) is 6.47 Å². The van der Waals surface area contributed by atoms with Crippen LogP contribution in [0.4, 0.5) is 8.78 Å². The average molecular weight is 492 g/mol. The molecule has 1 aromatic rings. The molecule has 35 heavy (non-hydrogen) atoms. The zero-order chi connectivity index (χ0) is 25.2. The second kappa shape index (κ2) is 10.2. The van der Waals surface area contributed by atoms with Gasteiger partial charge in [-0.25, -0.2) is 8.78 Å². The second-order valence-electron chi connectivity index (χ2n) is 10.6. The highest BCUT2D eigenvalue weighted by molar-refractivity contribution is 5.86. The van der Waals surface area contributed by atoms with Crippen LogP contribution in [0, 0.1) is 28.4 Å². The second-order valence-corrected chi connectivity index (χ2v) is 10.6. The van der Waals surface area contributed by atoms with Crippen molar-refractivity contribution in [2.24, 2.45) is 16.7 Å². The molecule has 2 amide bonds. The van der Waals surface area contributed by atoms with E-state index in [0.717, 1.165) is 70.3 Å². The molecule has 4 aliphatic rings. The van der Waals surface area contributed by atoms with Gasteiger partial charge in [0.1, 0.15) is 0 Å². The zero-order valence-corrected chi connectivity index (χ0v) is 20.3. The van der Waals surface area contributed by atoms with E-state index in [4.69, 9.17) is 9.90 Å². The van der Waals surface area contributed by atoms with E-state index in [2.05, 4.69) is 4.90 Å². The molecule has 0 bridgehead atoms. The van der Waals surface area contributed by atoms with Crippen LogP contribution in [-0.4, -0.2) is 77.4 Å². The van der Waals surface area contributed by atoms with Crippen LogP contribution in [0.15, 0.2) is 18.2 Å². The van der Waals surface area contributed by atoms with E-state index in [-0.39, 0.29) is 29.6 Å². The van der Waals surface area contributed by atoms with Crippen molar-refractivity contribution in [3.8, 4) is 0 Å². The van der Waals surface area contributed by atoms with Gasteiger partial charge in [-0.1, -0.05) is 6.07 Å². The minimum absolute atomic E-state index is 0.0684. The van der Waals surface area contributed by atoms with Gasteiger partial charge in [-0.15, -0.1) is 0 Å². The van der Waals surface area contributed by atoms with Crippen LogP contribution >= 0.6 is 0 Å². The SMILES string of the molecule is CC(=O)N1C[C@H]2C3(CCN(Cc4ccc(F)c(F)c4)CC3)CC[C@@]2(C(=O)N2CCCC2)C1.O=CO. The van der Waals surface area contributed by atoms with Crippen molar-refractivity contribution >= 4 is 18.3 Å². The molecule has 1 saturated carbocycles. The molecule has 0 unspecified atom stereocenters. The molecule has 1 spiro atoms. The van der Waals surface area contributed by atoms with Crippen LogP contribution in [0.2, 0.25) is 0 Å². The number of carbonyl (C=O) groups excluding carboxylic acids is 2. The number of halogens is 2. The van der Waals surface area contributed by atoms with Crippen LogP contribution in [0.1, 0.15) is 51.0 Å². The molecule has 0 radical (unpaired) electrons. The number of carbonyl (C=O) groups is 3. The number of fused-ring (bicyclic) bond motifs is 2. The standard InChI is InChI=1S/C25H33F2N3O2.CH2O2/c1-18(31)30-16-22-24(6-7-25(22,17-30)23(32)29-10-2-3-11-29)8-12-28(13-9-24)15-19-4-5-20(26)21(27)14-19;2-1-3/h4-5,14,22H,2-3,6-13,15-17H2,1H3;1H,(H,2,3)/t22-,25+;/m0./s1. The van der Waals surface area contributed by atoms with E-state index in [1.54, 1.807) is 13.0 Å². The summed E-state index contributed by atoms with van der Waals surface area (Å²) in [7, 11) is 0. The maximum Gasteiger partial charge on any atom is 0.290 e. The minimum Gasteiger partial charge on any atom is -0.483 e. The van der Waals surface area contributed by atoms with Gasteiger partial charge in [-0.3, -0.25) is 19.3 Å². The predicted octanol–water partition coefficient (Wildman–Crippen LogP) is 3.13. The summed E-state index contributed by atoms with van der Waals surface area (Å²) in [5.74, 6) is -1.04. The third kappa shape index (κ3) is 4.79. The van der Waals surface area contributed by atoms with Crippen molar-refractivity contribution in [3.63, 3.8) is 0 Å². The van der Waals surface area contributed by atoms with Crippen molar-refractivity contribution in [2.75, 3.05) is 39.3 Å². The number of hydrogen-bond acceptors (Lipinski definition) is 4. The number of likely N-dealkylation sites (tertiary alicyclic amines) is 3. The van der Waals surface area contributed by atoms with E-state index in [1.165, 1.54) is 12.1 Å². The summed E-state index contributed by atoms with van der Waals surface area (Å²) in [5, 5.41) is 6.89. The van der Waals surface area contributed by atoms with Crippen molar-refractivity contribution in [1.29, 1.82) is 0 Å². The Hall–Kier alpha value is -2.55. The van der Waals surface area contributed by atoms with Crippen LogP contribution in [0.25, 0.3) is 0 Å². The molecule has 3 aliphatic heterocycles. The summed E-state index contributed by atoms with van der Waals surface area (Å²) in [6.07, 6.45) is 6.05. The van der Waals surface area contributed by atoms with Gasteiger partial charge in [0.05, 0.1) is 5.41 Å². The van der Waals surface area contributed by atoms with Crippen LogP contribution in [0.3, 0.4) is 0 Å². The van der Waals surface area contributed by atoms with Crippen molar-refractivity contribution < 1.29 is 28.3 Å². The number of hydrogen-bond donors (Lipinski definition) is 1. The lowest BCUT2D eigenvalue weighted by atomic mass is 9.65. The normalized spacial score (nSPS) is 27.5. The van der Waals surface area contributed by atoms with Crippen molar-refractivity contribution in [2.45, 2.75) is 52.0 Å². The molecule has 0 aromatic heterocycles. The van der Waals surface area contributed by atoms with Crippen molar-refractivity contribution in [3.05, 3.63) is 35.4 Å². The molecular weight excluding hydrogens is 456 g/mol. The summed E-state index contributed by atoms with van der Waals surface area (Å²) in [5.41, 5.74) is 0.455. The highest BCUT2D eigenvalue weighted by atomic mass is 19.2. The average Bonchev–Trinajstić information content (AvgIpc) is 3.56. The summed E-state index contributed by atoms with van der Waals surface area (Å²) >= 11 is 0. The Morgan fingerprint density at radius 2 is 1.69 bits per heavy atom. The Morgan fingerprint density at radius 1 is 1.03 bits per heavy atom. The smallest absolute Gasteiger partial charge is 0.290 e. The third-order valence-corrected chi connectivity index (χ3v) is 8.86. The van der Waals surface area contributed by atoms with Gasteiger partial charge in [0.2, 0.25) is 11.8 Å². The highest BCUT2D eigenvalue weighted by Crippen LogP contribution is 2.62. The molecule has 192 valence electrons. The van der Waals surface area contributed by atoms with Gasteiger partial charge >= 0.3 is 0 Å². The molecule has 4 fully saturated rings. The van der Waals surface area contributed by atoms with E-state index in [9.17, 15) is 18.4 Å². The van der Waals surface area contributed by atoms with Gasteiger partial charge in [0.15, 0.2) is 11.6 Å². The third-order valence-electron chi connectivity index (χ3n) is 8.86. The van der Waals surface area contributed by atoms with Crippen LogP contribution in [-0.2, 0) is 20.9 Å². The maximum atomic E-state index is 13.7. The number of benzene rings is 1. The van der Waals surface area contributed by atoms with Gasteiger partial charge in [-0.2, -0.15) is 0 Å². The van der Waals surface area contributed by atoms with Crippen LogP contribution in [0.5, 0.6) is 0 Å². The molecule has 7 nitrogen and oxygen atoms in total. The number of piperidine rings is 1. The predicted molar refractivity (Wildman–Crippen MR) is 125 cm³/mol. The van der Waals surface area contributed by atoms with E-state index >= 15 is 0 Å². The number of carboxylic acid groups (broad SMARTS) is 1. The Balaban J connectivity index is 0.000000917. The first-order valence-corrected chi connectivity index (χ1v) is 12.5. The molecule has 5 rings (SSSR count). The Bertz CT molecular complexity index is 960. The minimum atomic E-state index is -0.812. The van der Waals surface area contributed by atoms with E-state index in [1.807, 2.05) is 9.80 Å². The molecular formula is C26H35F2N3O4. The quantitative estimate of drug-likeness (QED) is 0.658. The molecule has 1 aromatic carbocycles. The summed E-state index contributed by atoms with van der Waals surface area (Å²) in [6, 6.07) is 4.14. The largest absolute Gasteiger partial charge is 0.483 e. The zero-order valence-electron chi connectivity index (χ0n) is 20.3. The molecule has 1 aliphatic carbocycles. The lowest BCUT2D eigenvalue weighted by Crippen LogP contribution is -2.49. The first-order valence-electron chi connectivity index (χ1n) is 12.5. The van der Waals surface area contributed by atoms with Crippen molar-refractivity contribution in [1.82, 2.24) is 14.7 Å². The highest BCUT2D eigenvalue weighted by Gasteiger charge is 2.65. The fourth-order valence-electron chi connectivity index (χ4n) is 7.04. The lowest BCUT2D eigenvalue weighted by Gasteiger charge is -2.44. The summed E-state index contributed by atoms with van der Waals surface area (Å²) in [4.78, 5) is 40.6. The topological polar surface area (TPSA) is 81.2 Å². The molecule has 9 heteroatoms. The van der Waals surface area contributed by atoms with E-state index < -0.39 is 17.0 Å². The number of nitrogens with zero attached hydrogens (tertiary/aromatic N) is 3. The van der Waals surface area contributed by atoms with Gasteiger partial charge in [-0.05, 0) is 80.6 Å². The molecule has 2 atom stereocenters. The Kier molecular flexibility index (Phi) is 7.45. The summed E-state index contributed by atoms with van der Waals surface area (Å²) in [6.45, 7) is 6.69. The molecule has 1 N–H and O–H groups in total. The van der Waals surface area contributed by atoms with E-state index in [0.29, 0.717) is 19.6 Å². The fourth-order valence-corrected chi connectivity index (χ4v) is 7.04. The first kappa shape index (κ1) is 25.5. The molecule has 3 heterocycles. The number of rotatable bonds is 3. The fraction of sp³-hybridized carbons (Fsp3) is 0.654.